The van der Waals surface area contributed by atoms with Gasteiger partial charge in [-0.2, -0.15) is 0 Å². The molecule has 0 saturated carbocycles. The van der Waals surface area contributed by atoms with E-state index in [1.807, 2.05) is 45.0 Å². The third-order valence-corrected chi connectivity index (χ3v) is 4.61. The van der Waals surface area contributed by atoms with Crippen LogP contribution in [-0.2, 0) is 9.53 Å². The first-order chi connectivity index (χ1) is 11.4. The maximum absolute atomic E-state index is 12.3. The first-order valence-electron chi connectivity index (χ1n) is 7.62. The summed E-state index contributed by atoms with van der Waals surface area (Å²) in [4.78, 5) is 24.6. The van der Waals surface area contributed by atoms with Gasteiger partial charge in [0, 0.05) is 11.8 Å². The number of esters is 1. The fourth-order valence-electron chi connectivity index (χ4n) is 2.12. The zero-order valence-corrected chi connectivity index (χ0v) is 15.1. The lowest BCUT2D eigenvalue weighted by molar-refractivity contribution is -0.114. The molecule has 0 aliphatic heterocycles. The summed E-state index contributed by atoms with van der Waals surface area (Å²) in [5, 5.41) is 3.21. The highest BCUT2D eigenvalue weighted by Gasteiger charge is 2.21. The van der Waals surface area contributed by atoms with E-state index in [2.05, 4.69) is 5.32 Å². The van der Waals surface area contributed by atoms with Crippen molar-refractivity contribution in [2.45, 2.75) is 27.7 Å². The Morgan fingerprint density at radius 1 is 1.08 bits per heavy atom. The van der Waals surface area contributed by atoms with Crippen molar-refractivity contribution in [1.29, 1.82) is 0 Å². The van der Waals surface area contributed by atoms with Gasteiger partial charge in [0.2, 0.25) is 5.91 Å². The Kier molecular flexibility index (Phi) is 5.98. The Bertz CT molecular complexity index is 734. The molecule has 0 aliphatic carbocycles. The number of hydrogen-bond donors (Lipinski definition) is 1. The van der Waals surface area contributed by atoms with E-state index in [0.29, 0.717) is 10.6 Å². The van der Waals surface area contributed by atoms with E-state index >= 15 is 0 Å². The lowest BCUT2D eigenvalue weighted by Gasteiger charge is -2.09. The Morgan fingerprint density at radius 3 is 2.38 bits per heavy atom. The number of hydrogen-bond acceptors (Lipinski definition) is 5. The Balaban J connectivity index is 1.92. The molecule has 1 N–H and O–H groups in total. The molecule has 0 bridgehead atoms. The lowest BCUT2D eigenvalue weighted by atomic mass is 10.1. The molecule has 1 aromatic carbocycles. The molecule has 0 atom stereocenters. The minimum atomic E-state index is -0.451. The molecule has 5 nitrogen and oxygen atoms in total. The summed E-state index contributed by atoms with van der Waals surface area (Å²) in [6.07, 6.45) is 0. The summed E-state index contributed by atoms with van der Waals surface area (Å²) in [5.74, 6) is 0.0688. The van der Waals surface area contributed by atoms with Crippen LogP contribution in [0, 0.1) is 20.8 Å². The molecule has 0 fully saturated rings. The van der Waals surface area contributed by atoms with Crippen molar-refractivity contribution in [1.82, 2.24) is 0 Å². The first-order valence-corrected chi connectivity index (χ1v) is 8.44. The minimum absolute atomic E-state index is 0.139. The van der Waals surface area contributed by atoms with E-state index in [-0.39, 0.29) is 19.1 Å². The molecule has 0 aliphatic rings. The number of amides is 1. The smallest absolute Gasteiger partial charge is 0.341 e. The third-order valence-electron chi connectivity index (χ3n) is 3.49. The van der Waals surface area contributed by atoms with E-state index in [9.17, 15) is 9.59 Å². The quantitative estimate of drug-likeness (QED) is 0.636. The highest BCUT2D eigenvalue weighted by atomic mass is 32.1. The fourth-order valence-corrected chi connectivity index (χ4v) is 3.22. The zero-order valence-electron chi connectivity index (χ0n) is 14.3. The van der Waals surface area contributed by atoms with Crippen molar-refractivity contribution in [2.24, 2.45) is 0 Å². The van der Waals surface area contributed by atoms with Crippen LogP contribution in [0.15, 0.2) is 24.3 Å². The van der Waals surface area contributed by atoms with Crippen LogP contribution in [0.3, 0.4) is 0 Å². The van der Waals surface area contributed by atoms with Crippen LogP contribution in [-0.4, -0.2) is 25.1 Å². The molecule has 1 aromatic heterocycles. The molecule has 6 heteroatoms. The van der Waals surface area contributed by atoms with Crippen LogP contribution in [0.2, 0.25) is 0 Å². The molecule has 24 heavy (non-hydrogen) atoms. The summed E-state index contributed by atoms with van der Waals surface area (Å²) < 4.78 is 10.8. The number of thiophene rings is 1. The number of carbonyl (C=O) groups excluding carboxylic acids is 2. The summed E-state index contributed by atoms with van der Waals surface area (Å²) in [7, 11) is 0. The average molecular weight is 347 g/mol. The second-order valence-corrected chi connectivity index (χ2v) is 6.69. The van der Waals surface area contributed by atoms with E-state index in [1.54, 1.807) is 0 Å². The van der Waals surface area contributed by atoms with Gasteiger partial charge < -0.3 is 14.8 Å². The fraction of sp³-hybridized carbons (Fsp3) is 0.333. The SMILES string of the molecule is CC(=O)Nc1sc(C)c(C)c1C(=O)OCCOc1ccc(C)cc1. The standard InChI is InChI=1S/C18H21NO4S/c1-11-5-7-15(8-6-11)22-9-10-23-18(21)16-12(2)13(3)24-17(16)19-14(4)20/h5-8H,9-10H2,1-4H3,(H,19,20). The van der Waals surface area contributed by atoms with E-state index in [0.717, 1.165) is 21.8 Å². The normalized spacial score (nSPS) is 10.3. The first kappa shape index (κ1) is 18.0. The molecule has 0 radical (unpaired) electrons. The van der Waals surface area contributed by atoms with Crippen molar-refractivity contribution < 1.29 is 19.1 Å². The maximum Gasteiger partial charge on any atom is 0.341 e. The zero-order chi connectivity index (χ0) is 17.7. The van der Waals surface area contributed by atoms with Crippen LogP contribution in [0.5, 0.6) is 5.75 Å². The summed E-state index contributed by atoms with van der Waals surface area (Å²) in [6, 6.07) is 7.66. The molecular weight excluding hydrogens is 326 g/mol. The van der Waals surface area contributed by atoms with Crippen LogP contribution in [0.1, 0.15) is 33.3 Å². The van der Waals surface area contributed by atoms with Gasteiger partial charge in [0.25, 0.3) is 0 Å². The molecule has 1 heterocycles. The molecule has 0 unspecified atom stereocenters. The molecule has 0 saturated heterocycles. The van der Waals surface area contributed by atoms with Crippen molar-refractivity contribution in [3.63, 3.8) is 0 Å². The van der Waals surface area contributed by atoms with E-state index in [1.165, 1.54) is 18.3 Å². The predicted molar refractivity (Wildman–Crippen MR) is 95.1 cm³/mol. The van der Waals surface area contributed by atoms with Crippen LogP contribution < -0.4 is 10.1 Å². The molecule has 128 valence electrons. The van der Waals surface area contributed by atoms with Gasteiger partial charge in [0.05, 0.1) is 5.56 Å². The number of anilines is 1. The van der Waals surface area contributed by atoms with Gasteiger partial charge in [0.1, 0.15) is 24.0 Å². The third kappa shape index (κ3) is 4.58. The topological polar surface area (TPSA) is 64.6 Å². The Labute approximate surface area is 145 Å². The molecule has 0 spiro atoms. The number of carbonyl (C=O) groups is 2. The van der Waals surface area contributed by atoms with Crippen molar-refractivity contribution in [3.05, 3.63) is 45.8 Å². The van der Waals surface area contributed by atoms with Crippen molar-refractivity contribution in [3.8, 4) is 5.75 Å². The molecule has 2 aromatic rings. The number of rotatable bonds is 6. The van der Waals surface area contributed by atoms with Crippen LogP contribution in [0.4, 0.5) is 5.00 Å². The highest BCUT2D eigenvalue weighted by Crippen LogP contribution is 2.32. The van der Waals surface area contributed by atoms with Gasteiger partial charge in [0.15, 0.2) is 0 Å². The number of ether oxygens (including phenoxy) is 2. The largest absolute Gasteiger partial charge is 0.490 e. The minimum Gasteiger partial charge on any atom is -0.490 e. The second-order valence-electron chi connectivity index (χ2n) is 5.47. The predicted octanol–water partition coefficient (Wildman–Crippen LogP) is 3.87. The Hall–Kier alpha value is -2.34. The molecule has 1 amide bonds. The lowest BCUT2D eigenvalue weighted by Crippen LogP contribution is -2.15. The van der Waals surface area contributed by atoms with E-state index < -0.39 is 5.97 Å². The summed E-state index contributed by atoms with van der Waals surface area (Å²) >= 11 is 1.37. The van der Waals surface area contributed by atoms with Crippen LogP contribution >= 0.6 is 11.3 Å². The monoisotopic (exact) mass is 347 g/mol. The van der Waals surface area contributed by atoms with Crippen LogP contribution in [0.25, 0.3) is 0 Å². The number of benzene rings is 1. The molecule has 2 rings (SSSR count). The van der Waals surface area contributed by atoms with Gasteiger partial charge in [-0.25, -0.2) is 4.79 Å². The number of nitrogens with one attached hydrogen (secondary N) is 1. The van der Waals surface area contributed by atoms with Gasteiger partial charge >= 0.3 is 5.97 Å². The van der Waals surface area contributed by atoms with Gasteiger partial charge in [-0.05, 0) is 38.5 Å². The van der Waals surface area contributed by atoms with Gasteiger partial charge in [-0.3, -0.25) is 4.79 Å². The summed E-state index contributed by atoms with van der Waals surface area (Å²) in [5.41, 5.74) is 2.40. The Morgan fingerprint density at radius 2 is 1.75 bits per heavy atom. The van der Waals surface area contributed by atoms with E-state index in [4.69, 9.17) is 9.47 Å². The highest BCUT2D eigenvalue weighted by molar-refractivity contribution is 7.16. The number of aryl methyl sites for hydroxylation is 2. The van der Waals surface area contributed by atoms with Crippen molar-refractivity contribution in [2.75, 3.05) is 18.5 Å². The maximum atomic E-state index is 12.3. The van der Waals surface area contributed by atoms with Crippen molar-refractivity contribution >= 4 is 28.2 Å². The average Bonchev–Trinajstić information content (AvgIpc) is 2.79. The van der Waals surface area contributed by atoms with Gasteiger partial charge in [-0.1, -0.05) is 17.7 Å². The molecular formula is C18H21NO4S. The van der Waals surface area contributed by atoms with Gasteiger partial charge in [-0.15, -0.1) is 11.3 Å². The summed E-state index contributed by atoms with van der Waals surface area (Å²) in [6.45, 7) is 7.57. The second kappa shape index (κ2) is 7.97.